The first-order chi connectivity index (χ1) is 16.1. The summed E-state index contributed by atoms with van der Waals surface area (Å²) in [6.07, 6.45) is 4.32. The molecule has 2 fully saturated rings. The number of ether oxygens (including phenoxy) is 2. The van der Waals surface area contributed by atoms with E-state index in [0.717, 1.165) is 51.1 Å². The predicted molar refractivity (Wildman–Crippen MR) is 129 cm³/mol. The van der Waals surface area contributed by atoms with Gasteiger partial charge in [0.05, 0.1) is 18.3 Å². The summed E-state index contributed by atoms with van der Waals surface area (Å²) in [5.41, 5.74) is 2.08. The molecule has 176 valence electrons. The molecule has 2 aliphatic rings. The minimum Gasteiger partial charge on any atom is -0.489 e. The Bertz CT molecular complexity index is 933. The Morgan fingerprint density at radius 3 is 2.55 bits per heavy atom. The summed E-state index contributed by atoms with van der Waals surface area (Å²) in [5.74, 6) is 1.27. The topological polar surface area (TPSA) is 79.9 Å². The number of amides is 2. The van der Waals surface area contributed by atoms with Gasteiger partial charge in [-0.1, -0.05) is 19.1 Å². The lowest BCUT2D eigenvalue weighted by molar-refractivity contribution is -0.114. The molecule has 0 radical (unpaired) electrons. The Hall–Kier alpha value is -3.06. The maximum Gasteiger partial charge on any atom is 0.253 e. The lowest BCUT2D eigenvalue weighted by Gasteiger charge is -2.30. The average Bonchev–Trinajstić information content (AvgIpc) is 3.36. The fraction of sp³-hybridized carbons (Fsp3) is 0.462. The van der Waals surface area contributed by atoms with E-state index in [1.807, 2.05) is 29.2 Å². The summed E-state index contributed by atoms with van der Waals surface area (Å²) in [7, 11) is 0. The fourth-order valence-corrected chi connectivity index (χ4v) is 4.17. The van der Waals surface area contributed by atoms with Gasteiger partial charge in [-0.15, -0.1) is 0 Å². The molecular formula is C26H33N3O4. The van der Waals surface area contributed by atoms with Gasteiger partial charge in [0.25, 0.3) is 5.91 Å². The molecule has 2 amide bonds. The quantitative estimate of drug-likeness (QED) is 0.630. The first kappa shape index (κ1) is 23.1. The van der Waals surface area contributed by atoms with E-state index < -0.39 is 0 Å². The van der Waals surface area contributed by atoms with Crippen molar-refractivity contribution in [2.45, 2.75) is 38.7 Å². The fourth-order valence-electron chi connectivity index (χ4n) is 4.17. The number of benzene rings is 2. The Labute approximate surface area is 195 Å². The van der Waals surface area contributed by atoms with Crippen molar-refractivity contribution in [2.24, 2.45) is 5.92 Å². The number of hydrogen-bond acceptors (Lipinski definition) is 5. The number of rotatable bonds is 8. The summed E-state index contributed by atoms with van der Waals surface area (Å²) in [6, 6.07) is 14.7. The molecule has 7 nitrogen and oxygen atoms in total. The van der Waals surface area contributed by atoms with Gasteiger partial charge >= 0.3 is 0 Å². The van der Waals surface area contributed by atoms with Crippen molar-refractivity contribution in [1.82, 2.24) is 4.90 Å². The zero-order valence-corrected chi connectivity index (χ0v) is 19.2. The van der Waals surface area contributed by atoms with Crippen LogP contribution in [0.4, 0.5) is 11.4 Å². The van der Waals surface area contributed by atoms with Crippen molar-refractivity contribution >= 4 is 23.2 Å². The molecule has 2 heterocycles. The predicted octanol–water partition coefficient (Wildman–Crippen LogP) is 4.17. The van der Waals surface area contributed by atoms with Crippen LogP contribution in [-0.4, -0.2) is 55.7 Å². The SMILES string of the molecule is CC1CCN(C(=O)c2ccc(NC(=O)CNc3ccccc3OCC3CCCO3)cc2)CC1. The first-order valence-electron chi connectivity index (χ1n) is 11.8. The molecule has 2 N–H and O–H groups in total. The normalized spacial score (nSPS) is 18.7. The second-order valence-corrected chi connectivity index (χ2v) is 8.90. The maximum atomic E-state index is 12.7. The molecule has 1 unspecified atom stereocenters. The number of carbonyl (C=O) groups is 2. The molecule has 2 aromatic rings. The van der Waals surface area contributed by atoms with Crippen LogP contribution in [0.15, 0.2) is 48.5 Å². The third kappa shape index (κ3) is 6.48. The van der Waals surface area contributed by atoms with Gasteiger partial charge in [0, 0.05) is 30.9 Å². The van der Waals surface area contributed by atoms with Crippen molar-refractivity contribution in [3.05, 3.63) is 54.1 Å². The highest BCUT2D eigenvalue weighted by atomic mass is 16.5. The molecular weight excluding hydrogens is 418 g/mol. The van der Waals surface area contributed by atoms with Crippen molar-refractivity contribution in [2.75, 3.05) is 43.5 Å². The van der Waals surface area contributed by atoms with Crippen LogP contribution in [0.2, 0.25) is 0 Å². The van der Waals surface area contributed by atoms with E-state index in [2.05, 4.69) is 17.6 Å². The van der Waals surface area contributed by atoms with E-state index in [0.29, 0.717) is 29.5 Å². The Morgan fingerprint density at radius 1 is 1.06 bits per heavy atom. The molecule has 0 saturated carbocycles. The van der Waals surface area contributed by atoms with Gasteiger partial charge in [0.2, 0.25) is 5.91 Å². The molecule has 1 atom stereocenters. The molecule has 0 aromatic heterocycles. The number of nitrogens with zero attached hydrogens (tertiary/aromatic N) is 1. The van der Waals surface area contributed by atoms with Crippen LogP contribution in [0.3, 0.4) is 0 Å². The van der Waals surface area contributed by atoms with E-state index in [9.17, 15) is 9.59 Å². The number of anilines is 2. The zero-order chi connectivity index (χ0) is 23.0. The highest BCUT2D eigenvalue weighted by Crippen LogP contribution is 2.25. The molecule has 7 heteroatoms. The van der Waals surface area contributed by atoms with Crippen LogP contribution in [0, 0.1) is 5.92 Å². The van der Waals surface area contributed by atoms with Crippen LogP contribution < -0.4 is 15.4 Å². The van der Waals surface area contributed by atoms with Crippen molar-refractivity contribution in [1.29, 1.82) is 0 Å². The highest BCUT2D eigenvalue weighted by molar-refractivity contribution is 5.96. The number of nitrogens with one attached hydrogen (secondary N) is 2. The standard InChI is InChI=1S/C26H33N3O4/c1-19-12-14-29(15-13-19)26(31)20-8-10-21(11-9-20)28-25(30)17-27-23-6-2-3-7-24(23)33-18-22-5-4-16-32-22/h2-3,6-11,19,22,27H,4-5,12-18H2,1H3,(H,28,30). The number of hydrogen-bond donors (Lipinski definition) is 2. The van der Waals surface area contributed by atoms with Gasteiger partial charge in [0.15, 0.2) is 0 Å². The van der Waals surface area contributed by atoms with Crippen LogP contribution in [0.5, 0.6) is 5.75 Å². The molecule has 0 spiro atoms. The van der Waals surface area contributed by atoms with E-state index in [1.165, 1.54) is 0 Å². The van der Waals surface area contributed by atoms with Crippen molar-refractivity contribution < 1.29 is 19.1 Å². The second kappa shape index (κ2) is 11.2. The number of likely N-dealkylation sites (tertiary alicyclic amines) is 1. The molecule has 0 bridgehead atoms. The minimum absolute atomic E-state index is 0.0565. The van der Waals surface area contributed by atoms with Crippen LogP contribution in [0.1, 0.15) is 43.0 Å². The van der Waals surface area contributed by atoms with Crippen LogP contribution in [0.25, 0.3) is 0 Å². The molecule has 2 saturated heterocycles. The van der Waals surface area contributed by atoms with E-state index in [-0.39, 0.29) is 24.5 Å². The molecule has 0 aliphatic carbocycles. The number of piperidine rings is 1. The summed E-state index contributed by atoms with van der Waals surface area (Å²) >= 11 is 0. The minimum atomic E-state index is -0.173. The van der Waals surface area contributed by atoms with Crippen molar-refractivity contribution in [3.63, 3.8) is 0 Å². The summed E-state index contributed by atoms with van der Waals surface area (Å²) in [4.78, 5) is 27.0. The zero-order valence-electron chi connectivity index (χ0n) is 19.2. The van der Waals surface area contributed by atoms with Gasteiger partial charge in [-0.2, -0.15) is 0 Å². The van der Waals surface area contributed by atoms with E-state index in [4.69, 9.17) is 9.47 Å². The van der Waals surface area contributed by atoms with Crippen molar-refractivity contribution in [3.8, 4) is 5.75 Å². The lowest BCUT2D eigenvalue weighted by Crippen LogP contribution is -2.37. The summed E-state index contributed by atoms with van der Waals surface area (Å²) < 4.78 is 11.5. The average molecular weight is 452 g/mol. The Kier molecular flexibility index (Phi) is 7.83. The third-order valence-corrected chi connectivity index (χ3v) is 6.26. The van der Waals surface area contributed by atoms with Gasteiger partial charge in [-0.25, -0.2) is 0 Å². The summed E-state index contributed by atoms with van der Waals surface area (Å²) in [5, 5.41) is 6.02. The third-order valence-electron chi connectivity index (χ3n) is 6.26. The van der Waals surface area contributed by atoms with E-state index >= 15 is 0 Å². The molecule has 33 heavy (non-hydrogen) atoms. The molecule has 2 aromatic carbocycles. The first-order valence-corrected chi connectivity index (χ1v) is 11.8. The second-order valence-electron chi connectivity index (χ2n) is 8.90. The van der Waals surface area contributed by atoms with Crippen LogP contribution in [-0.2, 0) is 9.53 Å². The van der Waals surface area contributed by atoms with Gasteiger partial charge in [-0.3, -0.25) is 9.59 Å². The van der Waals surface area contributed by atoms with Gasteiger partial charge in [0.1, 0.15) is 12.4 Å². The Morgan fingerprint density at radius 2 is 1.82 bits per heavy atom. The largest absolute Gasteiger partial charge is 0.489 e. The maximum absolute atomic E-state index is 12.7. The molecule has 2 aliphatic heterocycles. The number of para-hydroxylation sites is 2. The van der Waals surface area contributed by atoms with Gasteiger partial charge < -0.3 is 25.0 Å². The molecule has 4 rings (SSSR count). The van der Waals surface area contributed by atoms with E-state index in [1.54, 1.807) is 24.3 Å². The number of carbonyl (C=O) groups excluding carboxylic acids is 2. The van der Waals surface area contributed by atoms with Crippen LogP contribution >= 0.6 is 0 Å². The lowest BCUT2D eigenvalue weighted by atomic mass is 9.98. The monoisotopic (exact) mass is 451 g/mol. The smallest absolute Gasteiger partial charge is 0.253 e. The highest BCUT2D eigenvalue weighted by Gasteiger charge is 2.21. The Balaban J connectivity index is 1.26. The summed E-state index contributed by atoms with van der Waals surface area (Å²) in [6.45, 7) is 5.25. The van der Waals surface area contributed by atoms with Gasteiger partial charge in [-0.05, 0) is 68.0 Å².